The number of para-hydroxylation sites is 1. The summed E-state index contributed by atoms with van der Waals surface area (Å²) in [4.78, 5) is 27.5. The van der Waals surface area contributed by atoms with Crippen LogP contribution in [0.25, 0.3) is 0 Å². The maximum Gasteiger partial charge on any atom is 0.573 e. The average molecular weight is 737 g/mol. The molecule has 0 spiro atoms. The molecule has 0 aromatic heterocycles. The molecule has 2 aliphatic heterocycles. The summed E-state index contributed by atoms with van der Waals surface area (Å²) in [5.41, 5.74) is -3.92. The van der Waals surface area contributed by atoms with E-state index in [1.54, 1.807) is 0 Å². The van der Waals surface area contributed by atoms with Crippen LogP contribution >= 0.6 is 0 Å². The minimum atomic E-state index is -5.49. The molecule has 5 rings (SSSR count). The van der Waals surface area contributed by atoms with E-state index in [1.165, 1.54) is 45.5 Å². The van der Waals surface area contributed by atoms with Crippen LogP contribution in [0.2, 0.25) is 0 Å². The second-order valence-electron chi connectivity index (χ2n) is 11.5. The smallest absolute Gasteiger partial charge is 0.497 e. The monoisotopic (exact) mass is 736 g/mol. The first-order valence-electron chi connectivity index (χ1n) is 14.5. The van der Waals surface area contributed by atoms with E-state index in [0.717, 1.165) is 25.3 Å². The molecule has 0 saturated carbocycles. The predicted molar refractivity (Wildman–Crippen MR) is 160 cm³/mol. The van der Waals surface area contributed by atoms with Gasteiger partial charge in [-0.25, -0.2) is 12.8 Å². The Morgan fingerprint density at radius 3 is 2.14 bits per heavy atom. The van der Waals surface area contributed by atoms with Crippen LogP contribution in [-0.4, -0.2) is 84.5 Å². The van der Waals surface area contributed by atoms with Gasteiger partial charge in [0.25, 0.3) is 15.9 Å². The Balaban J connectivity index is 1.93. The number of quaternary nitrogens is 1. The number of nitrogens with one attached hydrogen (secondary N) is 1. The number of rotatable bonds is 9. The fourth-order valence-corrected chi connectivity index (χ4v) is 8.44. The highest BCUT2D eigenvalue weighted by Crippen LogP contribution is 2.58. The molecule has 1 N–H and O–H groups in total. The second-order valence-corrected chi connectivity index (χ2v) is 13.2. The number of carbonyl (C=O) groups excluding carboxylic acids is 2. The van der Waals surface area contributed by atoms with Crippen LogP contribution in [0.15, 0.2) is 65.6 Å². The summed E-state index contributed by atoms with van der Waals surface area (Å²) >= 11 is 0. The minimum Gasteiger partial charge on any atom is -0.497 e. The first-order chi connectivity index (χ1) is 23.2. The summed E-state index contributed by atoms with van der Waals surface area (Å²) in [6, 6.07) is 8.51. The number of halogens is 7. The van der Waals surface area contributed by atoms with E-state index in [4.69, 9.17) is 9.47 Å². The highest BCUT2D eigenvalue weighted by molar-refractivity contribution is 7.93. The third kappa shape index (κ3) is 5.91. The topological polar surface area (TPSA) is 120 Å². The van der Waals surface area contributed by atoms with Crippen molar-refractivity contribution >= 4 is 27.5 Å². The minimum absolute atomic E-state index is 0.104. The Hall–Kier alpha value is -4.78. The fourth-order valence-electron chi connectivity index (χ4n) is 6.88. The number of likely N-dealkylation sites (N-methyl/N-ethyl adjacent to an activating group) is 2. The standard InChI is InChI=1S/C31H28F7N3O8S/c1-39-27(42)23-13-17(32)16-41(23,2)29(20-7-5-6-8-24(20)47-4)21-14-19(48-30(33,34)35)9-11-22(21)40(28(29)43)50(44,45)26-12-10-18(46-3)15-25(26)49-31(36,37)38/h5-12,14-15,17,23H,13,16H2,1-4H3/p+1/t17-,23+,29?,41?/m1/s1. The van der Waals surface area contributed by atoms with Gasteiger partial charge in [0.1, 0.15) is 28.7 Å². The number of methoxy groups -OCH3 is 2. The highest BCUT2D eigenvalue weighted by Gasteiger charge is 2.72. The number of benzene rings is 3. The number of alkyl halides is 7. The molecular formula is C31H29F7N3O8S+. The normalized spacial score (nSPS) is 23.7. The van der Waals surface area contributed by atoms with E-state index in [-0.39, 0.29) is 21.4 Å². The molecule has 2 aliphatic rings. The maximum atomic E-state index is 15.6. The van der Waals surface area contributed by atoms with Gasteiger partial charge in [0.15, 0.2) is 18.0 Å². The van der Waals surface area contributed by atoms with Crippen molar-refractivity contribution in [3.8, 4) is 23.0 Å². The molecule has 2 heterocycles. The number of carbonyl (C=O) groups is 2. The summed E-state index contributed by atoms with van der Waals surface area (Å²) < 4.78 is 144. The molecule has 270 valence electrons. The highest BCUT2D eigenvalue weighted by atomic mass is 32.2. The van der Waals surface area contributed by atoms with Crippen molar-refractivity contribution < 1.29 is 72.2 Å². The molecular weight excluding hydrogens is 707 g/mol. The Kier molecular flexibility index (Phi) is 9.14. The number of likely N-dealkylation sites (tertiary alicyclic amines) is 1. The second kappa shape index (κ2) is 12.5. The van der Waals surface area contributed by atoms with Crippen molar-refractivity contribution in [2.75, 3.05) is 39.2 Å². The van der Waals surface area contributed by atoms with Crippen LogP contribution in [-0.2, 0) is 25.2 Å². The summed E-state index contributed by atoms with van der Waals surface area (Å²) in [6.07, 6.45) is -13.0. The van der Waals surface area contributed by atoms with Gasteiger partial charge in [-0.3, -0.25) is 14.1 Å². The molecule has 2 unspecified atom stereocenters. The Bertz CT molecular complexity index is 1940. The lowest BCUT2D eigenvalue weighted by atomic mass is 9.78. The van der Waals surface area contributed by atoms with E-state index in [0.29, 0.717) is 18.2 Å². The zero-order chi connectivity index (χ0) is 37.0. The van der Waals surface area contributed by atoms with Gasteiger partial charge in [-0.2, -0.15) is 4.31 Å². The van der Waals surface area contributed by atoms with Gasteiger partial charge in [-0.15, -0.1) is 26.3 Å². The van der Waals surface area contributed by atoms with Crippen molar-refractivity contribution in [1.82, 2.24) is 5.32 Å². The number of hydrogen-bond donors (Lipinski definition) is 1. The van der Waals surface area contributed by atoms with Crippen molar-refractivity contribution in [2.24, 2.45) is 0 Å². The van der Waals surface area contributed by atoms with Crippen molar-refractivity contribution in [3.63, 3.8) is 0 Å². The number of hydrogen-bond acceptors (Lipinski definition) is 8. The van der Waals surface area contributed by atoms with E-state index in [1.807, 2.05) is 0 Å². The number of fused-ring (bicyclic) bond motifs is 1. The zero-order valence-corrected chi connectivity index (χ0v) is 27.4. The number of ether oxygens (including phenoxy) is 4. The lowest BCUT2D eigenvalue weighted by molar-refractivity contribution is -0.953. The number of amides is 2. The summed E-state index contributed by atoms with van der Waals surface area (Å²) in [7, 11) is -0.736. The third-order valence-corrected chi connectivity index (χ3v) is 10.5. The van der Waals surface area contributed by atoms with Gasteiger partial charge in [-0.05, 0) is 42.5 Å². The quantitative estimate of drug-likeness (QED) is 0.246. The zero-order valence-electron chi connectivity index (χ0n) is 26.6. The summed E-state index contributed by atoms with van der Waals surface area (Å²) in [5, 5.41) is 2.39. The molecule has 19 heteroatoms. The molecule has 3 aromatic carbocycles. The Morgan fingerprint density at radius 1 is 0.900 bits per heavy atom. The van der Waals surface area contributed by atoms with Gasteiger partial charge < -0.3 is 24.3 Å². The molecule has 3 aromatic rings. The largest absolute Gasteiger partial charge is 0.573 e. The lowest BCUT2D eigenvalue weighted by Crippen LogP contribution is -2.69. The van der Waals surface area contributed by atoms with Crippen LogP contribution in [0.3, 0.4) is 0 Å². The first-order valence-corrected chi connectivity index (χ1v) is 16.0. The number of anilines is 1. The van der Waals surface area contributed by atoms with Gasteiger partial charge >= 0.3 is 18.6 Å². The number of nitrogens with zero attached hydrogens (tertiary/aromatic N) is 2. The lowest BCUT2D eigenvalue weighted by Gasteiger charge is -2.48. The molecule has 11 nitrogen and oxygen atoms in total. The predicted octanol–water partition coefficient (Wildman–Crippen LogP) is 4.78. The molecule has 0 aliphatic carbocycles. The van der Waals surface area contributed by atoms with E-state index < -0.39 is 97.4 Å². The van der Waals surface area contributed by atoms with Crippen LogP contribution in [0.5, 0.6) is 23.0 Å². The van der Waals surface area contributed by atoms with Crippen LogP contribution < -0.4 is 28.6 Å². The van der Waals surface area contributed by atoms with Crippen molar-refractivity contribution in [2.45, 2.75) is 41.8 Å². The average Bonchev–Trinajstić information content (AvgIpc) is 3.49. The summed E-state index contributed by atoms with van der Waals surface area (Å²) in [5.74, 6) is -4.86. The molecule has 0 bridgehead atoms. The van der Waals surface area contributed by atoms with Crippen molar-refractivity contribution in [1.29, 1.82) is 0 Å². The van der Waals surface area contributed by atoms with Crippen LogP contribution in [0, 0.1) is 0 Å². The van der Waals surface area contributed by atoms with Crippen LogP contribution in [0.4, 0.5) is 36.4 Å². The van der Waals surface area contributed by atoms with E-state index >= 15 is 9.18 Å². The van der Waals surface area contributed by atoms with Gasteiger partial charge in [-0.1, -0.05) is 12.1 Å². The Labute approximate surface area is 280 Å². The van der Waals surface area contributed by atoms with Crippen LogP contribution in [0.1, 0.15) is 17.5 Å². The first kappa shape index (κ1) is 36.5. The Morgan fingerprint density at radius 2 is 1.54 bits per heavy atom. The molecule has 0 radical (unpaired) electrons. The van der Waals surface area contributed by atoms with Gasteiger partial charge in [0, 0.05) is 19.5 Å². The molecule has 4 atom stereocenters. The van der Waals surface area contributed by atoms with Crippen molar-refractivity contribution in [3.05, 3.63) is 71.8 Å². The number of sulfonamides is 1. The van der Waals surface area contributed by atoms with Gasteiger partial charge in [0.05, 0.1) is 38.1 Å². The van der Waals surface area contributed by atoms with Gasteiger partial charge in [0.2, 0.25) is 5.54 Å². The molecule has 1 saturated heterocycles. The van der Waals surface area contributed by atoms with E-state index in [2.05, 4.69) is 14.8 Å². The maximum absolute atomic E-state index is 15.6. The fraction of sp³-hybridized carbons (Fsp3) is 0.355. The third-order valence-electron chi connectivity index (χ3n) is 8.76. The molecule has 2 amide bonds. The SMILES string of the molecule is CNC(=O)[C@@H]1C[C@@H](F)C[N+]1(C)C1(c2ccccc2OC)C(=O)N(S(=O)(=O)c2ccc(OC)cc2OC(F)(F)F)c2ccc(OC(F)(F)F)cc21. The molecule has 50 heavy (non-hydrogen) atoms. The van der Waals surface area contributed by atoms with E-state index in [9.17, 15) is 39.6 Å². The summed E-state index contributed by atoms with van der Waals surface area (Å²) in [6.45, 7) is -0.648. The molecule has 1 fully saturated rings.